The molecule has 0 amide bonds. The molecular formula is C31H23N7O2. The number of anilines is 1. The van der Waals surface area contributed by atoms with E-state index in [-0.39, 0.29) is 33.8 Å². The first-order valence-electron chi connectivity index (χ1n) is 12.0. The van der Waals surface area contributed by atoms with E-state index < -0.39 is 11.2 Å². The number of rotatable bonds is 5. The van der Waals surface area contributed by atoms with Crippen LogP contribution in [0.15, 0.2) is 75.3 Å². The number of hydrogen-bond acceptors (Lipinski definition) is 9. The van der Waals surface area contributed by atoms with Gasteiger partial charge in [-0.25, -0.2) is 0 Å². The summed E-state index contributed by atoms with van der Waals surface area (Å²) < 4.78 is 11.6. The molecule has 2 aliphatic heterocycles. The van der Waals surface area contributed by atoms with E-state index in [1.165, 1.54) is 0 Å². The molecule has 1 aromatic carbocycles. The largest absolute Gasteiger partial charge is 0.480 e. The molecule has 9 heteroatoms. The third-order valence-corrected chi connectivity index (χ3v) is 6.35. The van der Waals surface area contributed by atoms with Gasteiger partial charge in [0.15, 0.2) is 22.7 Å². The number of hydrogen-bond donors (Lipinski definition) is 1. The van der Waals surface area contributed by atoms with Crippen molar-refractivity contribution < 1.29 is 9.47 Å². The van der Waals surface area contributed by atoms with Gasteiger partial charge in [-0.05, 0) is 44.9 Å². The van der Waals surface area contributed by atoms with Crippen LogP contribution in [0.3, 0.4) is 0 Å². The maximum atomic E-state index is 9.75. The van der Waals surface area contributed by atoms with Crippen molar-refractivity contribution in [2.75, 3.05) is 12.4 Å². The predicted octanol–water partition coefficient (Wildman–Crippen LogP) is 5.62. The summed E-state index contributed by atoms with van der Waals surface area (Å²) in [6.07, 6.45) is 7.09. The standard InChI is InChI=1S/C31H23N7O2/c1-30(2)25(23(17-36)28(39-30)21(13-32)14-33)10-7-19-6-8-20(27(12-19)38-5)9-11-26-24(18-37)29(22(15-34)16-35)40-31(26,3)4/h6-12,38H,1-5H3/b10-7+,11-9+. The molecule has 1 aromatic rings. The topological polar surface area (TPSA) is 173 Å². The van der Waals surface area contributed by atoms with Gasteiger partial charge >= 0.3 is 0 Å². The smallest absolute Gasteiger partial charge is 0.172 e. The Morgan fingerprint density at radius 1 is 0.700 bits per heavy atom. The molecule has 9 nitrogen and oxygen atoms in total. The summed E-state index contributed by atoms with van der Waals surface area (Å²) in [7, 11) is 1.77. The highest BCUT2D eigenvalue weighted by molar-refractivity contribution is 5.74. The summed E-state index contributed by atoms with van der Waals surface area (Å²) >= 11 is 0. The first-order chi connectivity index (χ1) is 19.0. The maximum Gasteiger partial charge on any atom is 0.172 e. The van der Waals surface area contributed by atoms with Crippen LogP contribution in [-0.4, -0.2) is 18.2 Å². The molecule has 0 aromatic heterocycles. The Kier molecular flexibility index (Phi) is 7.98. The fourth-order valence-corrected chi connectivity index (χ4v) is 4.36. The Bertz CT molecular complexity index is 1700. The fourth-order valence-electron chi connectivity index (χ4n) is 4.36. The van der Waals surface area contributed by atoms with Crippen LogP contribution < -0.4 is 5.32 Å². The Balaban J connectivity index is 2.03. The van der Waals surface area contributed by atoms with Crippen molar-refractivity contribution in [3.63, 3.8) is 0 Å². The zero-order chi connectivity index (χ0) is 29.7. The van der Waals surface area contributed by atoms with Gasteiger partial charge in [0.2, 0.25) is 0 Å². The van der Waals surface area contributed by atoms with Gasteiger partial charge in [-0.1, -0.05) is 36.4 Å². The van der Waals surface area contributed by atoms with E-state index in [4.69, 9.17) is 9.47 Å². The normalized spacial score (nSPS) is 16.8. The molecular weight excluding hydrogens is 502 g/mol. The molecule has 40 heavy (non-hydrogen) atoms. The second-order valence-corrected chi connectivity index (χ2v) is 9.64. The first kappa shape index (κ1) is 28.6. The lowest BCUT2D eigenvalue weighted by Gasteiger charge is -2.20. The first-order valence-corrected chi connectivity index (χ1v) is 12.0. The van der Waals surface area contributed by atoms with Crippen LogP contribution in [0.4, 0.5) is 5.69 Å². The number of nitriles is 6. The number of ether oxygens (including phenoxy) is 2. The summed E-state index contributed by atoms with van der Waals surface area (Å²) in [5.41, 5.74) is 1.37. The molecule has 2 aliphatic rings. The average Bonchev–Trinajstić information content (AvgIpc) is 3.34. The molecule has 0 unspecified atom stereocenters. The summed E-state index contributed by atoms with van der Waals surface area (Å²) in [6.45, 7) is 7.02. The van der Waals surface area contributed by atoms with Crippen LogP contribution in [-0.2, 0) is 9.47 Å². The van der Waals surface area contributed by atoms with Gasteiger partial charge in [0.1, 0.15) is 58.8 Å². The zero-order valence-corrected chi connectivity index (χ0v) is 22.5. The van der Waals surface area contributed by atoms with Crippen LogP contribution in [0.25, 0.3) is 12.2 Å². The Labute approximate surface area is 233 Å². The van der Waals surface area contributed by atoms with Crippen molar-refractivity contribution in [2.45, 2.75) is 38.9 Å². The van der Waals surface area contributed by atoms with E-state index in [9.17, 15) is 31.6 Å². The van der Waals surface area contributed by atoms with Gasteiger partial charge in [-0.2, -0.15) is 31.6 Å². The van der Waals surface area contributed by atoms with E-state index >= 15 is 0 Å². The molecule has 194 valence electrons. The minimum Gasteiger partial charge on any atom is -0.480 e. The van der Waals surface area contributed by atoms with Crippen molar-refractivity contribution in [2.24, 2.45) is 0 Å². The number of nitrogens with zero attached hydrogens (tertiary/aromatic N) is 6. The van der Waals surface area contributed by atoms with Crippen molar-refractivity contribution >= 4 is 17.8 Å². The third kappa shape index (κ3) is 5.19. The molecule has 0 aliphatic carbocycles. The molecule has 0 spiro atoms. The monoisotopic (exact) mass is 525 g/mol. The molecule has 0 fully saturated rings. The van der Waals surface area contributed by atoms with Gasteiger partial charge in [0, 0.05) is 23.9 Å². The van der Waals surface area contributed by atoms with Crippen molar-refractivity contribution in [3.8, 4) is 36.4 Å². The van der Waals surface area contributed by atoms with Crippen LogP contribution in [0.1, 0.15) is 38.8 Å². The van der Waals surface area contributed by atoms with Crippen molar-refractivity contribution in [1.29, 1.82) is 31.6 Å². The SMILES string of the molecule is CNc1cc(/C=C/C2=C(C#N)C(=C(C#N)C#N)OC2(C)C)ccc1/C=C/C1=C(C#N)C(=C(C#N)C#N)OC1(C)C. The second-order valence-electron chi connectivity index (χ2n) is 9.64. The molecule has 2 heterocycles. The summed E-state index contributed by atoms with van der Waals surface area (Å²) in [5.74, 6) is -0.0425. The molecule has 0 radical (unpaired) electrons. The van der Waals surface area contributed by atoms with Crippen LogP contribution >= 0.6 is 0 Å². The minimum atomic E-state index is -0.926. The summed E-state index contributed by atoms with van der Waals surface area (Å²) in [6, 6.07) is 16.9. The molecule has 0 bridgehead atoms. The maximum absolute atomic E-state index is 9.75. The highest BCUT2D eigenvalue weighted by Crippen LogP contribution is 2.41. The lowest BCUT2D eigenvalue weighted by molar-refractivity contribution is 0.0951. The van der Waals surface area contributed by atoms with Crippen molar-refractivity contribution in [1.82, 2.24) is 0 Å². The van der Waals surface area contributed by atoms with E-state index in [1.54, 1.807) is 77.2 Å². The molecule has 0 saturated heterocycles. The summed E-state index contributed by atoms with van der Waals surface area (Å²) in [4.78, 5) is 0. The second kappa shape index (κ2) is 11.2. The fraction of sp³-hybridized carbons (Fsp3) is 0.226. The molecule has 1 N–H and O–H groups in total. The average molecular weight is 526 g/mol. The Morgan fingerprint density at radius 3 is 1.55 bits per heavy atom. The lowest BCUT2D eigenvalue weighted by atomic mass is 9.93. The van der Waals surface area contributed by atoms with E-state index in [0.717, 1.165) is 16.8 Å². The number of nitrogens with one attached hydrogen (secondary N) is 1. The minimum absolute atomic E-state index is 0.0203. The quantitative estimate of drug-likeness (QED) is 0.479. The van der Waals surface area contributed by atoms with E-state index in [0.29, 0.717) is 11.1 Å². The van der Waals surface area contributed by atoms with Gasteiger partial charge in [-0.15, -0.1) is 0 Å². The lowest BCUT2D eigenvalue weighted by Crippen LogP contribution is -2.20. The number of allylic oxidation sites excluding steroid dienone is 4. The van der Waals surface area contributed by atoms with Gasteiger partial charge in [0.05, 0.1) is 0 Å². The van der Waals surface area contributed by atoms with Crippen LogP contribution in [0.5, 0.6) is 0 Å². The molecule has 0 atom stereocenters. The van der Waals surface area contributed by atoms with Gasteiger partial charge in [0.25, 0.3) is 0 Å². The predicted molar refractivity (Wildman–Crippen MR) is 146 cm³/mol. The Hall–Kier alpha value is -6.00. The summed E-state index contributed by atoms with van der Waals surface area (Å²) in [5, 5.41) is 59.6. The molecule has 3 rings (SSSR count). The Morgan fingerprint density at radius 2 is 1.15 bits per heavy atom. The van der Waals surface area contributed by atoms with Crippen LogP contribution in [0.2, 0.25) is 0 Å². The highest BCUT2D eigenvalue weighted by atomic mass is 16.5. The van der Waals surface area contributed by atoms with Gasteiger partial charge in [-0.3, -0.25) is 0 Å². The van der Waals surface area contributed by atoms with Gasteiger partial charge < -0.3 is 14.8 Å². The van der Waals surface area contributed by atoms with E-state index in [2.05, 4.69) is 17.5 Å². The molecule has 0 saturated carbocycles. The number of benzene rings is 1. The third-order valence-electron chi connectivity index (χ3n) is 6.35. The zero-order valence-electron chi connectivity index (χ0n) is 22.5. The van der Waals surface area contributed by atoms with E-state index in [1.807, 2.05) is 24.3 Å². The van der Waals surface area contributed by atoms with Crippen LogP contribution in [0, 0.1) is 68.0 Å². The van der Waals surface area contributed by atoms with Crippen molar-refractivity contribution in [3.05, 3.63) is 86.4 Å². The highest BCUT2D eigenvalue weighted by Gasteiger charge is 2.39.